The SMILES string of the molecule is [CH2]CCN(C)C.[CH3][InH][CH3]. The van der Waals surface area contributed by atoms with Crippen LogP contribution in [-0.2, 0) is 0 Å². The van der Waals surface area contributed by atoms with E-state index in [0.717, 1.165) is 13.0 Å². The molecule has 0 unspecified atom stereocenters. The van der Waals surface area contributed by atoms with Gasteiger partial charge in [0.25, 0.3) is 0 Å². The van der Waals surface area contributed by atoms with Crippen LogP contribution in [0.3, 0.4) is 0 Å². The maximum atomic E-state index is 3.68. The van der Waals surface area contributed by atoms with Gasteiger partial charge in [0.05, 0.1) is 0 Å². The summed E-state index contributed by atoms with van der Waals surface area (Å²) in [6.07, 6.45) is 1.01. The molecule has 0 saturated carbocycles. The van der Waals surface area contributed by atoms with Crippen LogP contribution in [0.5, 0.6) is 0 Å². The summed E-state index contributed by atoms with van der Waals surface area (Å²) in [6, 6.07) is 0. The van der Waals surface area contributed by atoms with Gasteiger partial charge in [0.15, 0.2) is 0 Å². The standard InChI is InChI=1S/C5H12N.2CH3.In.H/c1-4-5-6(2)3;;;;/h1,4-5H2,2-3H3;2*1H3;;. The van der Waals surface area contributed by atoms with Gasteiger partial charge in [0.2, 0.25) is 0 Å². The van der Waals surface area contributed by atoms with Crippen LogP contribution in [0.1, 0.15) is 6.42 Å². The first-order chi connectivity index (χ1) is 4.18. The van der Waals surface area contributed by atoms with Crippen LogP contribution in [0, 0.1) is 6.92 Å². The van der Waals surface area contributed by atoms with E-state index in [1.165, 1.54) is 0 Å². The average Bonchev–Trinajstić information content (AvgIpc) is 1.67. The molecule has 0 aliphatic carbocycles. The molecule has 0 N–H and O–H groups in total. The van der Waals surface area contributed by atoms with Crippen molar-refractivity contribution in [2.75, 3.05) is 20.6 Å². The summed E-state index contributed by atoms with van der Waals surface area (Å²) in [6.45, 7) is 4.78. The van der Waals surface area contributed by atoms with Crippen LogP contribution in [-0.4, -0.2) is 48.4 Å². The van der Waals surface area contributed by atoms with Crippen molar-refractivity contribution in [1.29, 1.82) is 0 Å². The normalized spacial score (nSPS) is 8.22. The van der Waals surface area contributed by atoms with Gasteiger partial charge in [0.1, 0.15) is 0 Å². The molecule has 0 aliphatic heterocycles. The molecule has 0 heterocycles. The molecule has 0 saturated heterocycles. The number of rotatable bonds is 2. The quantitative estimate of drug-likeness (QED) is 0.693. The van der Waals surface area contributed by atoms with Crippen molar-refractivity contribution in [3.63, 3.8) is 0 Å². The molecule has 0 spiro atoms. The summed E-state index contributed by atoms with van der Waals surface area (Å²) in [7, 11) is 4.09. The second kappa shape index (κ2) is 11.6. The van der Waals surface area contributed by atoms with Crippen molar-refractivity contribution in [2.24, 2.45) is 0 Å². The molecule has 0 amide bonds. The van der Waals surface area contributed by atoms with Gasteiger partial charge in [-0.05, 0) is 27.1 Å². The summed E-state index contributed by atoms with van der Waals surface area (Å²) < 4.78 is 4.67. The number of nitrogens with zero attached hydrogens (tertiary/aromatic N) is 1. The topological polar surface area (TPSA) is 3.24 Å². The van der Waals surface area contributed by atoms with Crippen LogP contribution < -0.4 is 0 Å². The molecular weight excluding hydrogens is 213 g/mol. The number of hydrogen-bond acceptors (Lipinski definition) is 1. The van der Waals surface area contributed by atoms with Crippen LogP contribution in [0.25, 0.3) is 0 Å². The summed E-state index contributed by atoms with van der Waals surface area (Å²) >= 11 is -0.01000. The Kier molecular flexibility index (Phi) is 16.1. The van der Waals surface area contributed by atoms with Gasteiger partial charge in [-0.3, -0.25) is 0 Å². The second-order valence-corrected chi connectivity index (χ2v) is 6.40. The van der Waals surface area contributed by atoms with E-state index in [-0.39, 0.29) is 22.9 Å². The fourth-order valence-corrected chi connectivity index (χ4v) is 0.316. The van der Waals surface area contributed by atoms with Crippen molar-refractivity contribution >= 4 is 22.9 Å². The van der Waals surface area contributed by atoms with Crippen molar-refractivity contribution < 1.29 is 0 Å². The summed E-state index contributed by atoms with van der Waals surface area (Å²) in [5.41, 5.74) is 0. The van der Waals surface area contributed by atoms with Gasteiger partial charge in [-0.2, -0.15) is 0 Å². The van der Waals surface area contributed by atoms with Crippen LogP contribution in [0.4, 0.5) is 0 Å². The number of hydrogen-bond donors (Lipinski definition) is 0. The van der Waals surface area contributed by atoms with E-state index in [1.54, 1.807) is 0 Å². The molecule has 0 aromatic rings. The van der Waals surface area contributed by atoms with Gasteiger partial charge < -0.3 is 4.90 Å². The molecule has 1 nitrogen and oxygen atoms in total. The third-order valence-corrected chi connectivity index (χ3v) is 0.605. The minimum absolute atomic E-state index is 0.01000. The van der Waals surface area contributed by atoms with E-state index < -0.39 is 0 Å². The van der Waals surface area contributed by atoms with Gasteiger partial charge in [-0.25, -0.2) is 0 Å². The molecule has 55 valence electrons. The van der Waals surface area contributed by atoms with E-state index >= 15 is 0 Å². The van der Waals surface area contributed by atoms with Gasteiger partial charge in [0, 0.05) is 0 Å². The fourth-order valence-electron chi connectivity index (χ4n) is 0.316. The molecule has 0 fully saturated rings. The van der Waals surface area contributed by atoms with E-state index in [9.17, 15) is 0 Å². The Balaban J connectivity index is 0. The van der Waals surface area contributed by atoms with Crippen LogP contribution >= 0.6 is 0 Å². The van der Waals surface area contributed by atoms with Crippen molar-refractivity contribution in [2.45, 2.75) is 15.8 Å². The Morgan fingerprint density at radius 3 is 1.67 bits per heavy atom. The van der Waals surface area contributed by atoms with E-state index in [0.29, 0.717) is 0 Å². The van der Waals surface area contributed by atoms with Crippen molar-refractivity contribution in [3.05, 3.63) is 6.92 Å². The maximum absolute atomic E-state index is 3.68. The summed E-state index contributed by atoms with van der Waals surface area (Å²) in [5, 5.41) is 0. The van der Waals surface area contributed by atoms with Crippen molar-refractivity contribution in [1.82, 2.24) is 4.90 Å². The van der Waals surface area contributed by atoms with Gasteiger partial charge in [-0.15, -0.1) is 0 Å². The predicted molar refractivity (Wildman–Crippen MR) is 47.4 cm³/mol. The first kappa shape index (κ1) is 12.5. The zero-order valence-corrected chi connectivity index (χ0v) is 11.3. The molecule has 9 heavy (non-hydrogen) atoms. The Morgan fingerprint density at radius 2 is 1.67 bits per heavy atom. The second-order valence-electron chi connectivity index (χ2n) is 2.36. The van der Waals surface area contributed by atoms with E-state index in [1.807, 2.05) is 14.1 Å². The van der Waals surface area contributed by atoms with Gasteiger partial charge >= 0.3 is 32.3 Å². The van der Waals surface area contributed by atoms with E-state index in [2.05, 4.69) is 21.2 Å². The Hall–Kier alpha value is 0.830. The molecule has 0 aromatic carbocycles. The van der Waals surface area contributed by atoms with Crippen LogP contribution in [0.2, 0.25) is 9.36 Å². The molecule has 0 bridgehead atoms. The summed E-state index contributed by atoms with van der Waals surface area (Å²) in [5.74, 6) is 0. The molecule has 2 heteroatoms. The minimum atomic E-state index is -0.01000. The van der Waals surface area contributed by atoms with Crippen LogP contribution in [0.15, 0.2) is 0 Å². The Bertz CT molecular complexity index is 37.9. The zero-order valence-electron chi connectivity index (χ0n) is 7.28. The molecule has 0 rings (SSSR count). The fraction of sp³-hybridized carbons (Fsp3) is 0.857. The first-order valence-corrected chi connectivity index (χ1v) is 11.7. The molecule has 0 atom stereocenters. The predicted octanol–water partition coefficient (Wildman–Crippen LogP) is 1.29. The molecule has 0 aromatic heterocycles. The molecule has 1 radical (unpaired) electrons. The first-order valence-electron chi connectivity index (χ1n) is 3.62. The monoisotopic (exact) mass is 232 g/mol. The Labute approximate surface area is 71.2 Å². The third kappa shape index (κ3) is 28.1. The van der Waals surface area contributed by atoms with Crippen molar-refractivity contribution in [3.8, 4) is 0 Å². The van der Waals surface area contributed by atoms with E-state index in [4.69, 9.17) is 0 Å². The summed E-state index contributed by atoms with van der Waals surface area (Å²) in [4.78, 5) is 2.12. The zero-order chi connectivity index (χ0) is 7.70. The third-order valence-electron chi connectivity index (χ3n) is 0.605. The average molecular weight is 232 g/mol. The molecule has 0 aliphatic rings. The molecular formula is C7H19InN. The van der Waals surface area contributed by atoms with Gasteiger partial charge in [-0.1, -0.05) is 6.92 Å². The Morgan fingerprint density at radius 1 is 1.33 bits per heavy atom.